The van der Waals surface area contributed by atoms with Crippen LogP contribution in [0, 0.1) is 5.92 Å². The topological polar surface area (TPSA) is 101 Å². The molecule has 140 valence electrons. The Balaban J connectivity index is 3.49. The summed E-state index contributed by atoms with van der Waals surface area (Å²) in [6.45, 7) is 0.746. The molecule has 0 spiro atoms. The molecule has 0 bridgehead atoms. The summed E-state index contributed by atoms with van der Waals surface area (Å²) < 4.78 is 68.8. The number of sulfonamides is 1. The molecular formula is C14H16F3NO6S. The maximum atomic E-state index is 12.9. The summed E-state index contributed by atoms with van der Waals surface area (Å²) in [5.74, 6) is -3.52. The monoisotopic (exact) mass is 383 g/mol. The van der Waals surface area contributed by atoms with E-state index in [1.165, 1.54) is 6.92 Å². The number of ether oxygens (including phenoxy) is 1. The van der Waals surface area contributed by atoms with E-state index < -0.39 is 56.6 Å². The standard InChI is InChI=1S/C14H16F3NO6S/c1-8(12(19)20)7-18(2)25(22,23)11-6-9(14(15,16)17)4-5-10(11)13(21)24-3/h4-6,8H,7H2,1-3H3,(H,19,20). The number of hydrogen-bond acceptors (Lipinski definition) is 5. The van der Waals surface area contributed by atoms with Crippen molar-refractivity contribution >= 4 is 22.0 Å². The molecule has 1 N–H and O–H groups in total. The second-order valence-corrected chi connectivity index (χ2v) is 7.24. The first-order valence-corrected chi connectivity index (χ1v) is 8.25. The first kappa shape index (κ1) is 20.9. The summed E-state index contributed by atoms with van der Waals surface area (Å²) in [5, 5.41) is 8.85. The Morgan fingerprint density at radius 3 is 2.32 bits per heavy atom. The van der Waals surface area contributed by atoms with Crippen LogP contribution in [-0.4, -0.2) is 50.5 Å². The van der Waals surface area contributed by atoms with Crippen LogP contribution in [0.1, 0.15) is 22.8 Å². The average molecular weight is 383 g/mol. The Morgan fingerprint density at radius 2 is 1.88 bits per heavy atom. The van der Waals surface area contributed by atoms with Crippen LogP contribution in [-0.2, 0) is 25.7 Å². The van der Waals surface area contributed by atoms with Gasteiger partial charge >= 0.3 is 18.1 Å². The largest absolute Gasteiger partial charge is 0.481 e. The molecule has 1 unspecified atom stereocenters. The minimum atomic E-state index is -4.83. The SMILES string of the molecule is COC(=O)c1ccc(C(F)(F)F)cc1S(=O)(=O)N(C)CC(C)C(=O)O. The van der Waals surface area contributed by atoms with Gasteiger partial charge in [0, 0.05) is 13.6 Å². The van der Waals surface area contributed by atoms with Gasteiger partial charge in [-0.1, -0.05) is 6.92 Å². The lowest BCUT2D eigenvalue weighted by atomic mass is 10.1. The molecule has 1 atom stereocenters. The van der Waals surface area contributed by atoms with Gasteiger partial charge in [-0.05, 0) is 18.2 Å². The van der Waals surface area contributed by atoms with Crippen molar-refractivity contribution in [1.29, 1.82) is 0 Å². The molecule has 1 aromatic rings. The number of carboxylic acid groups (broad SMARTS) is 1. The number of rotatable bonds is 6. The van der Waals surface area contributed by atoms with E-state index in [2.05, 4.69) is 4.74 Å². The van der Waals surface area contributed by atoms with Crippen molar-refractivity contribution in [3.05, 3.63) is 29.3 Å². The smallest absolute Gasteiger partial charge is 0.416 e. The summed E-state index contributed by atoms with van der Waals surface area (Å²) >= 11 is 0. The summed E-state index contributed by atoms with van der Waals surface area (Å²) in [4.78, 5) is 21.7. The third-order valence-electron chi connectivity index (χ3n) is 3.36. The van der Waals surface area contributed by atoms with Crippen LogP contribution in [0.3, 0.4) is 0 Å². The fourth-order valence-corrected chi connectivity index (χ4v) is 3.38. The molecule has 0 amide bonds. The van der Waals surface area contributed by atoms with Crippen molar-refractivity contribution in [1.82, 2.24) is 4.31 Å². The normalized spacial score (nSPS) is 13.6. The van der Waals surface area contributed by atoms with Crippen LogP contribution in [0.5, 0.6) is 0 Å². The van der Waals surface area contributed by atoms with Gasteiger partial charge in [0.15, 0.2) is 0 Å². The van der Waals surface area contributed by atoms with Gasteiger partial charge < -0.3 is 9.84 Å². The molecule has 1 rings (SSSR count). The molecule has 7 nitrogen and oxygen atoms in total. The highest BCUT2D eigenvalue weighted by Gasteiger charge is 2.35. The van der Waals surface area contributed by atoms with Crippen LogP contribution >= 0.6 is 0 Å². The van der Waals surface area contributed by atoms with E-state index in [1.807, 2.05) is 0 Å². The Hall–Kier alpha value is -2.14. The number of esters is 1. The maximum Gasteiger partial charge on any atom is 0.416 e. The molecule has 0 heterocycles. The number of carbonyl (C=O) groups is 2. The number of carbonyl (C=O) groups excluding carboxylic acids is 1. The number of methoxy groups -OCH3 is 1. The lowest BCUT2D eigenvalue weighted by Gasteiger charge is -2.21. The lowest BCUT2D eigenvalue weighted by Crippen LogP contribution is -2.34. The predicted octanol–water partition coefficient (Wildman–Crippen LogP) is 1.83. The summed E-state index contributed by atoms with van der Waals surface area (Å²) in [5.41, 5.74) is -1.84. The zero-order valence-electron chi connectivity index (χ0n) is 13.5. The fraction of sp³-hybridized carbons (Fsp3) is 0.429. The molecule has 0 saturated carbocycles. The summed E-state index contributed by atoms with van der Waals surface area (Å²) in [6.07, 6.45) is -4.83. The van der Waals surface area contributed by atoms with E-state index in [4.69, 9.17) is 5.11 Å². The van der Waals surface area contributed by atoms with E-state index in [9.17, 15) is 31.2 Å². The molecule has 0 aliphatic carbocycles. The van der Waals surface area contributed by atoms with Crippen molar-refractivity contribution in [2.45, 2.75) is 18.0 Å². The van der Waals surface area contributed by atoms with E-state index in [0.29, 0.717) is 22.5 Å². The van der Waals surface area contributed by atoms with Crippen molar-refractivity contribution < 1.29 is 41.0 Å². The third-order valence-corrected chi connectivity index (χ3v) is 5.22. The zero-order chi connectivity index (χ0) is 19.6. The number of hydrogen-bond donors (Lipinski definition) is 1. The van der Waals surface area contributed by atoms with Crippen molar-refractivity contribution in [2.75, 3.05) is 20.7 Å². The molecule has 0 fully saturated rings. The first-order chi connectivity index (χ1) is 11.3. The Morgan fingerprint density at radius 1 is 1.32 bits per heavy atom. The Bertz CT molecular complexity index is 775. The minimum Gasteiger partial charge on any atom is -0.481 e. The van der Waals surface area contributed by atoms with Crippen LogP contribution in [0.15, 0.2) is 23.1 Å². The van der Waals surface area contributed by atoms with Gasteiger partial charge in [0.1, 0.15) is 0 Å². The highest BCUT2D eigenvalue weighted by Crippen LogP contribution is 2.33. The number of alkyl halides is 3. The predicted molar refractivity (Wildman–Crippen MR) is 79.4 cm³/mol. The quantitative estimate of drug-likeness (QED) is 0.752. The maximum absolute atomic E-state index is 12.9. The summed E-state index contributed by atoms with van der Waals surface area (Å²) in [7, 11) is -2.61. The Labute approximate surface area is 142 Å². The molecule has 11 heteroatoms. The number of nitrogens with zero attached hydrogens (tertiary/aromatic N) is 1. The molecule has 0 aliphatic rings. The molecule has 0 aromatic heterocycles. The number of benzene rings is 1. The number of carboxylic acids is 1. The van der Waals surface area contributed by atoms with Gasteiger partial charge in [-0.3, -0.25) is 4.79 Å². The van der Waals surface area contributed by atoms with Gasteiger partial charge in [0.2, 0.25) is 10.0 Å². The van der Waals surface area contributed by atoms with E-state index in [1.54, 1.807) is 0 Å². The molecule has 25 heavy (non-hydrogen) atoms. The Kier molecular flexibility index (Phi) is 6.19. The second-order valence-electron chi connectivity index (χ2n) is 5.23. The van der Waals surface area contributed by atoms with Crippen molar-refractivity contribution in [3.63, 3.8) is 0 Å². The summed E-state index contributed by atoms with van der Waals surface area (Å²) in [6, 6.07) is 1.59. The first-order valence-electron chi connectivity index (χ1n) is 6.81. The molecule has 1 aromatic carbocycles. The second kappa shape index (κ2) is 7.40. The highest BCUT2D eigenvalue weighted by atomic mass is 32.2. The number of aliphatic carboxylic acids is 1. The molecule has 0 saturated heterocycles. The molecular weight excluding hydrogens is 367 g/mol. The average Bonchev–Trinajstić information content (AvgIpc) is 2.52. The van der Waals surface area contributed by atoms with Crippen molar-refractivity contribution in [3.8, 4) is 0 Å². The lowest BCUT2D eigenvalue weighted by molar-refractivity contribution is -0.141. The van der Waals surface area contributed by atoms with Gasteiger partial charge in [-0.25, -0.2) is 17.5 Å². The van der Waals surface area contributed by atoms with Crippen LogP contribution in [0.4, 0.5) is 13.2 Å². The van der Waals surface area contributed by atoms with Gasteiger partial charge in [-0.2, -0.15) is 13.2 Å². The van der Waals surface area contributed by atoms with Crippen LogP contribution in [0.2, 0.25) is 0 Å². The molecule has 0 radical (unpaired) electrons. The van der Waals surface area contributed by atoms with Gasteiger partial charge in [0.25, 0.3) is 0 Å². The number of halogens is 3. The van der Waals surface area contributed by atoms with Crippen molar-refractivity contribution in [2.24, 2.45) is 5.92 Å². The van der Waals surface area contributed by atoms with Gasteiger partial charge in [-0.15, -0.1) is 0 Å². The van der Waals surface area contributed by atoms with E-state index in [-0.39, 0.29) is 0 Å². The fourth-order valence-electron chi connectivity index (χ4n) is 1.92. The minimum absolute atomic E-state index is 0.323. The van der Waals surface area contributed by atoms with Crippen LogP contribution < -0.4 is 0 Å². The van der Waals surface area contributed by atoms with E-state index in [0.717, 1.165) is 14.2 Å². The van der Waals surface area contributed by atoms with Crippen LogP contribution in [0.25, 0.3) is 0 Å². The third kappa shape index (κ3) is 4.69. The molecule has 0 aliphatic heterocycles. The zero-order valence-corrected chi connectivity index (χ0v) is 14.3. The highest BCUT2D eigenvalue weighted by molar-refractivity contribution is 7.89. The van der Waals surface area contributed by atoms with Gasteiger partial charge in [0.05, 0.1) is 29.1 Å². The van der Waals surface area contributed by atoms with E-state index >= 15 is 0 Å².